The van der Waals surface area contributed by atoms with E-state index in [0.29, 0.717) is 6.01 Å². The summed E-state index contributed by atoms with van der Waals surface area (Å²) in [6.07, 6.45) is 0. The van der Waals surface area contributed by atoms with Crippen LogP contribution in [0, 0.1) is 0 Å². The van der Waals surface area contributed by atoms with Crippen molar-refractivity contribution in [2.45, 2.75) is 0 Å². The standard InChI is InChI=1S/C35H20N2OS/c1-2-10-21(11-3-1)26-20-29-33(32-25-15-7-9-17-30(25)39-34(26)32)36-35(38-29)37-27-16-8-6-14-24(27)31-23-13-5-4-12-22(23)18-19-28(31)37/h1-20H. The van der Waals surface area contributed by atoms with Crippen molar-refractivity contribution in [1.82, 2.24) is 9.55 Å². The van der Waals surface area contributed by atoms with Crippen LogP contribution in [0.15, 0.2) is 126 Å². The van der Waals surface area contributed by atoms with Crippen LogP contribution in [-0.4, -0.2) is 9.55 Å². The third kappa shape index (κ3) is 2.89. The largest absolute Gasteiger partial charge is 0.423 e. The molecule has 0 aliphatic heterocycles. The predicted octanol–water partition coefficient (Wildman–Crippen LogP) is 10.1. The number of fused-ring (bicyclic) bond motifs is 10. The van der Waals surface area contributed by atoms with Gasteiger partial charge in [-0.05, 0) is 40.6 Å². The summed E-state index contributed by atoms with van der Waals surface area (Å²) in [5, 5.41) is 7.26. The molecule has 0 N–H and O–H groups in total. The molecular formula is C35H20N2OS. The molecular weight excluding hydrogens is 496 g/mol. The number of benzene rings is 6. The van der Waals surface area contributed by atoms with Crippen LogP contribution in [0.25, 0.3) is 81.0 Å². The Labute approximate surface area is 227 Å². The van der Waals surface area contributed by atoms with Gasteiger partial charge >= 0.3 is 6.01 Å². The lowest BCUT2D eigenvalue weighted by Crippen LogP contribution is -1.93. The monoisotopic (exact) mass is 516 g/mol. The van der Waals surface area contributed by atoms with Gasteiger partial charge in [-0.2, -0.15) is 4.98 Å². The van der Waals surface area contributed by atoms with Crippen LogP contribution in [0.3, 0.4) is 0 Å². The molecule has 0 unspecified atom stereocenters. The second-order valence-corrected chi connectivity index (χ2v) is 11.0. The quantitative estimate of drug-likeness (QED) is 0.229. The fourth-order valence-corrected chi connectivity index (χ4v) is 7.38. The van der Waals surface area contributed by atoms with Crippen LogP contribution in [0.2, 0.25) is 0 Å². The minimum absolute atomic E-state index is 0.591. The van der Waals surface area contributed by atoms with Gasteiger partial charge in [0.25, 0.3) is 0 Å². The molecule has 9 rings (SSSR count). The zero-order chi connectivity index (χ0) is 25.5. The van der Waals surface area contributed by atoms with Crippen LogP contribution in [-0.2, 0) is 0 Å². The van der Waals surface area contributed by atoms with Gasteiger partial charge < -0.3 is 4.42 Å². The molecule has 0 atom stereocenters. The van der Waals surface area contributed by atoms with Crippen LogP contribution in [0.1, 0.15) is 0 Å². The molecule has 3 nitrogen and oxygen atoms in total. The highest BCUT2D eigenvalue weighted by Crippen LogP contribution is 2.45. The number of para-hydroxylation sites is 1. The maximum atomic E-state index is 6.69. The first-order valence-corrected chi connectivity index (χ1v) is 13.9. The van der Waals surface area contributed by atoms with Gasteiger partial charge in [0.05, 0.1) is 11.0 Å². The lowest BCUT2D eigenvalue weighted by atomic mass is 10.0. The molecule has 0 amide bonds. The molecule has 0 saturated heterocycles. The first kappa shape index (κ1) is 21.1. The molecule has 0 fully saturated rings. The Morgan fingerprint density at radius 1 is 0.615 bits per heavy atom. The highest BCUT2D eigenvalue weighted by molar-refractivity contribution is 7.26. The van der Waals surface area contributed by atoms with E-state index in [4.69, 9.17) is 9.40 Å². The van der Waals surface area contributed by atoms with Crippen LogP contribution < -0.4 is 0 Å². The second-order valence-electron chi connectivity index (χ2n) is 9.97. The van der Waals surface area contributed by atoms with Gasteiger partial charge in [-0.15, -0.1) is 11.3 Å². The van der Waals surface area contributed by atoms with Crippen molar-refractivity contribution >= 4 is 75.2 Å². The molecule has 0 aliphatic carbocycles. The number of rotatable bonds is 2. The van der Waals surface area contributed by atoms with Gasteiger partial charge in [0.1, 0.15) is 5.52 Å². The summed E-state index contributed by atoms with van der Waals surface area (Å²) in [7, 11) is 0. The van der Waals surface area contributed by atoms with E-state index < -0.39 is 0 Å². The average Bonchev–Trinajstić information content (AvgIpc) is 3.68. The van der Waals surface area contributed by atoms with E-state index >= 15 is 0 Å². The Balaban J connectivity index is 1.43. The summed E-state index contributed by atoms with van der Waals surface area (Å²) in [5.41, 5.74) is 6.24. The highest BCUT2D eigenvalue weighted by atomic mass is 32.1. The lowest BCUT2D eigenvalue weighted by molar-refractivity contribution is 0.574. The zero-order valence-corrected chi connectivity index (χ0v) is 21.6. The second kappa shape index (κ2) is 7.79. The fourth-order valence-electron chi connectivity index (χ4n) is 6.14. The Morgan fingerprint density at radius 3 is 2.26 bits per heavy atom. The summed E-state index contributed by atoms with van der Waals surface area (Å²) >= 11 is 1.82. The van der Waals surface area contributed by atoms with E-state index in [9.17, 15) is 0 Å². The molecule has 0 spiro atoms. The van der Waals surface area contributed by atoms with Crippen molar-refractivity contribution in [1.29, 1.82) is 0 Å². The number of nitrogens with zero attached hydrogens (tertiary/aromatic N) is 2. The van der Waals surface area contributed by atoms with Crippen molar-refractivity contribution in [2.24, 2.45) is 0 Å². The van der Waals surface area contributed by atoms with Crippen LogP contribution in [0.4, 0.5) is 0 Å². The number of hydrogen-bond acceptors (Lipinski definition) is 3. The number of aromatic nitrogens is 2. The molecule has 0 radical (unpaired) electrons. The molecule has 4 heteroatoms. The number of thiophene rings is 1. The van der Waals surface area contributed by atoms with Gasteiger partial charge in [0.2, 0.25) is 0 Å². The van der Waals surface area contributed by atoms with Crippen molar-refractivity contribution in [2.75, 3.05) is 0 Å². The summed E-state index contributed by atoms with van der Waals surface area (Å²) in [4.78, 5) is 5.22. The molecule has 9 aromatic rings. The van der Waals surface area contributed by atoms with E-state index in [1.807, 2.05) is 11.3 Å². The molecule has 0 aliphatic rings. The normalized spacial score (nSPS) is 12.1. The van der Waals surface area contributed by atoms with Crippen molar-refractivity contribution in [3.05, 3.63) is 121 Å². The Bertz CT molecular complexity index is 2390. The minimum atomic E-state index is 0.591. The van der Waals surface area contributed by atoms with E-state index in [1.54, 1.807) is 0 Å². The van der Waals surface area contributed by atoms with Crippen molar-refractivity contribution in [3.63, 3.8) is 0 Å². The summed E-state index contributed by atoms with van der Waals surface area (Å²) < 4.78 is 11.4. The van der Waals surface area contributed by atoms with E-state index in [1.165, 1.54) is 47.5 Å². The van der Waals surface area contributed by atoms with E-state index in [2.05, 4.69) is 126 Å². The third-order valence-electron chi connectivity index (χ3n) is 7.83. The highest BCUT2D eigenvalue weighted by Gasteiger charge is 2.22. The van der Waals surface area contributed by atoms with E-state index in [-0.39, 0.29) is 0 Å². The van der Waals surface area contributed by atoms with Crippen LogP contribution in [0.5, 0.6) is 0 Å². The molecule has 182 valence electrons. The van der Waals surface area contributed by atoms with Crippen molar-refractivity contribution in [3.8, 4) is 17.1 Å². The Hall–Kier alpha value is -4.93. The maximum absolute atomic E-state index is 6.69. The van der Waals surface area contributed by atoms with Gasteiger partial charge in [-0.25, -0.2) is 0 Å². The molecule has 3 heterocycles. The lowest BCUT2D eigenvalue weighted by Gasteiger charge is -2.04. The summed E-state index contributed by atoms with van der Waals surface area (Å²) in [6, 6.07) is 43.4. The summed E-state index contributed by atoms with van der Waals surface area (Å²) in [6.45, 7) is 0. The molecule has 0 saturated carbocycles. The SMILES string of the molecule is c1ccc(-c2cc3oc(-n4c5ccccc5c5c6ccccc6ccc54)nc3c3c2sc2ccccc23)cc1. The first-order chi connectivity index (χ1) is 19.3. The van der Waals surface area contributed by atoms with Gasteiger partial charge in [-0.3, -0.25) is 4.57 Å². The topological polar surface area (TPSA) is 31.0 Å². The first-order valence-electron chi connectivity index (χ1n) is 13.1. The van der Waals surface area contributed by atoms with E-state index in [0.717, 1.165) is 27.5 Å². The smallest absolute Gasteiger partial charge is 0.307 e. The average molecular weight is 517 g/mol. The third-order valence-corrected chi connectivity index (χ3v) is 9.04. The Morgan fingerprint density at radius 2 is 1.36 bits per heavy atom. The molecule has 39 heavy (non-hydrogen) atoms. The summed E-state index contributed by atoms with van der Waals surface area (Å²) in [5.74, 6) is 0. The predicted molar refractivity (Wildman–Crippen MR) is 164 cm³/mol. The Kier molecular flexibility index (Phi) is 4.21. The number of hydrogen-bond donors (Lipinski definition) is 0. The molecule has 6 aromatic carbocycles. The number of oxazole rings is 1. The fraction of sp³-hybridized carbons (Fsp3) is 0. The van der Waals surface area contributed by atoms with Gasteiger partial charge in [0, 0.05) is 36.5 Å². The molecule has 3 aromatic heterocycles. The van der Waals surface area contributed by atoms with Crippen molar-refractivity contribution < 1.29 is 4.42 Å². The van der Waals surface area contributed by atoms with Gasteiger partial charge in [-0.1, -0.05) is 97.1 Å². The van der Waals surface area contributed by atoms with Gasteiger partial charge in [0.15, 0.2) is 5.58 Å². The zero-order valence-electron chi connectivity index (χ0n) is 20.8. The molecule has 0 bridgehead atoms. The van der Waals surface area contributed by atoms with Crippen LogP contribution >= 0.6 is 11.3 Å². The maximum Gasteiger partial charge on any atom is 0.307 e. The minimum Gasteiger partial charge on any atom is -0.423 e.